The van der Waals surface area contributed by atoms with Crippen LogP contribution in [0.3, 0.4) is 0 Å². The predicted molar refractivity (Wildman–Crippen MR) is 69.7 cm³/mol. The summed E-state index contributed by atoms with van der Waals surface area (Å²) in [6.45, 7) is 3.78. The Morgan fingerprint density at radius 3 is 2.00 bits per heavy atom. The molecule has 0 aromatic heterocycles. The molecule has 96 valence electrons. The van der Waals surface area contributed by atoms with Crippen LogP contribution < -0.4 is 5.01 Å². The Balaban J connectivity index is 2.47. The minimum Gasteiger partial charge on any atom is -0.272 e. The summed E-state index contributed by atoms with van der Waals surface area (Å²) < 4.78 is 0. The van der Waals surface area contributed by atoms with E-state index in [0.717, 1.165) is 5.69 Å². The molecule has 1 aliphatic heterocycles. The molecule has 1 saturated heterocycles. The van der Waals surface area contributed by atoms with Crippen molar-refractivity contribution in [2.75, 3.05) is 12.1 Å². The first-order chi connectivity index (χ1) is 8.58. The topological polar surface area (TPSA) is 40.6 Å². The van der Waals surface area contributed by atoms with Gasteiger partial charge in [-0.1, -0.05) is 32.0 Å². The van der Waals surface area contributed by atoms with Gasteiger partial charge in [-0.3, -0.25) is 9.59 Å². The van der Waals surface area contributed by atoms with Gasteiger partial charge in [-0.05, 0) is 25.0 Å². The molecular formula is C14H18N2O2. The molecule has 1 fully saturated rings. The Morgan fingerprint density at radius 2 is 1.56 bits per heavy atom. The van der Waals surface area contributed by atoms with E-state index in [0.29, 0.717) is 12.8 Å². The summed E-state index contributed by atoms with van der Waals surface area (Å²) in [4.78, 5) is 24.9. The SMILES string of the molecule is CCC1(CC)C(=O)N(C)N(c2ccccc2)C1=O. The van der Waals surface area contributed by atoms with Gasteiger partial charge in [-0.15, -0.1) is 0 Å². The number of para-hydroxylation sites is 1. The molecule has 1 aliphatic rings. The standard InChI is InChI=1S/C14H18N2O2/c1-4-14(5-2)12(17)15(3)16(13(14)18)11-9-7-6-8-10-11/h6-10H,4-5H2,1-3H3. The lowest BCUT2D eigenvalue weighted by atomic mass is 9.81. The Hall–Kier alpha value is -1.84. The van der Waals surface area contributed by atoms with Crippen molar-refractivity contribution in [2.24, 2.45) is 5.41 Å². The minimum atomic E-state index is -0.884. The third-order valence-electron chi connectivity index (χ3n) is 3.81. The lowest BCUT2D eigenvalue weighted by Crippen LogP contribution is -2.38. The lowest BCUT2D eigenvalue weighted by Gasteiger charge is -2.23. The summed E-state index contributed by atoms with van der Waals surface area (Å²) in [6.07, 6.45) is 1.07. The zero-order chi connectivity index (χ0) is 13.3. The number of rotatable bonds is 3. The largest absolute Gasteiger partial charge is 0.272 e. The first kappa shape index (κ1) is 12.6. The normalized spacial score (nSPS) is 18.6. The first-order valence-corrected chi connectivity index (χ1v) is 6.26. The average molecular weight is 246 g/mol. The van der Waals surface area contributed by atoms with Crippen LogP contribution >= 0.6 is 0 Å². The number of amides is 2. The highest BCUT2D eigenvalue weighted by molar-refractivity contribution is 6.17. The molecule has 0 aliphatic carbocycles. The van der Waals surface area contributed by atoms with Gasteiger partial charge < -0.3 is 0 Å². The van der Waals surface area contributed by atoms with E-state index < -0.39 is 5.41 Å². The van der Waals surface area contributed by atoms with Crippen LogP contribution in [0.2, 0.25) is 0 Å². The molecule has 4 heteroatoms. The number of hydrogen-bond donors (Lipinski definition) is 0. The van der Waals surface area contributed by atoms with E-state index in [-0.39, 0.29) is 11.8 Å². The highest BCUT2D eigenvalue weighted by Gasteiger charge is 2.55. The number of carbonyl (C=O) groups excluding carboxylic acids is 2. The maximum Gasteiger partial charge on any atom is 0.261 e. The molecule has 0 N–H and O–H groups in total. The highest BCUT2D eigenvalue weighted by atomic mass is 16.2. The monoisotopic (exact) mass is 246 g/mol. The summed E-state index contributed by atoms with van der Waals surface area (Å²) in [7, 11) is 1.65. The Bertz CT molecular complexity index is 466. The fourth-order valence-electron chi connectivity index (χ4n) is 2.55. The van der Waals surface area contributed by atoms with Crippen molar-refractivity contribution in [2.45, 2.75) is 26.7 Å². The summed E-state index contributed by atoms with van der Waals surface area (Å²) in [5, 5.41) is 2.92. The van der Waals surface area contributed by atoms with Gasteiger partial charge in [0.2, 0.25) is 0 Å². The molecule has 0 saturated carbocycles. The third kappa shape index (κ3) is 1.52. The lowest BCUT2D eigenvalue weighted by molar-refractivity contribution is -0.139. The summed E-state index contributed by atoms with van der Waals surface area (Å²) in [5.41, 5.74) is -0.146. The number of anilines is 1. The molecule has 0 radical (unpaired) electrons. The van der Waals surface area contributed by atoms with E-state index in [1.54, 1.807) is 7.05 Å². The molecule has 0 spiro atoms. The van der Waals surface area contributed by atoms with E-state index in [9.17, 15) is 9.59 Å². The van der Waals surface area contributed by atoms with Crippen molar-refractivity contribution in [3.05, 3.63) is 30.3 Å². The van der Waals surface area contributed by atoms with Crippen molar-refractivity contribution in [1.82, 2.24) is 5.01 Å². The number of benzene rings is 1. The Labute approximate surface area is 107 Å². The van der Waals surface area contributed by atoms with E-state index >= 15 is 0 Å². The van der Waals surface area contributed by atoms with Crippen molar-refractivity contribution >= 4 is 17.5 Å². The van der Waals surface area contributed by atoms with Crippen LogP contribution in [0.1, 0.15) is 26.7 Å². The van der Waals surface area contributed by atoms with Gasteiger partial charge in [0.25, 0.3) is 11.8 Å². The molecule has 2 amide bonds. The van der Waals surface area contributed by atoms with Gasteiger partial charge in [0, 0.05) is 7.05 Å². The number of carbonyl (C=O) groups is 2. The Kier molecular flexibility index (Phi) is 3.11. The Morgan fingerprint density at radius 1 is 1.00 bits per heavy atom. The van der Waals surface area contributed by atoms with Crippen molar-refractivity contribution in [1.29, 1.82) is 0 Å². The van der Waals surface area contributed by atoms with Crippen LogP contribution in [0.15, 0.2) is 30.3 Å². The molecule has 1 heterocycles. The van der Waals surface area contributed by atoms with Crippen LogP contribution in [-0.2, 0) is 9.59 Å². The second-order valence-electron chi connectivity index (χ2n) is 4.57. The fourth-order valence-corrected chi connectivity index (χ4v) is 2.55. The second kappa shape index (κ2) is 4.44. The summed E-state index contributed by atoms with van der Waals surface area (Å²) in [5.74, 6) is -0.229. The molecule has 1 aromatic carbocycles. The number of nitrogens with zero attached hydrogens (tertiary/aromatic N) is 2. The van der Waals surface area contributed by atoms with Crippen LogP contribution in [0.5, 0.6) is 0 Å². The molecular weight excluding hydrogens is 228 g/mol. The zero-order valence-corrected chi connectivity index (χ0v) is 11.0. The molecule has 4 nitrogen and oxygen atoms in total. The maximum atomic E-state index is 12.6. The van der Waals surface area contributed by atoms with Gasteiger partial charge in [-0.2, -0.15) is 0 Å². The maximum absolute atomic E-state index is 12.6. The zero-order valence-electron chi connectivity index (χ0n) is 11.0. The summed E-state index contributed by atoms with van der Waals surface area (Å²) >= 11 is 0. The minimum absolute atomic E-state index is 0.110. The molecule has 18 heavy (non-hydrogen) atoms. The second-order valence-corrected chi connectivity index (χ2v) is 4.57. The van der Waals surface area contributed by atoms with Crippen molar-refractivity contribution in [3.8, 4) is 0 Å². The van der Waals surface area contributed by atoms with E-state index in [1.165, 1.54) is 10.0 Å². The van der Waals surface area contributed by atoms with Gasteiger partial charge in [-0.25, -0.2) is 10.0 Å². The third-order valence-corrected chi connectivity index (χ3v) is 3.81. The van der Waals surface area contributed by atoms with Gasteiger partial charge in [0.1, 0.15) is 5.41 Å². The predicted octanol–water partition coefficient (Wildman–Crippen LogP) is 2.21. The van der Waals surface area contributed by atoms with Crippen LogP contribution in [-0.4, -0.2) is 23.9 Å². The van der Waals surface area contributed by atoms with E-state index in [1.807, 2.05) is 44.2 Å². The smallest absolute Gasteiger partial charge is 0.261 e. The van der Waals surface area contributed by atoms with Crippen molar-refractivity contribution < 1.29 is 9.59 Å². The van der Waals surface area contributed by atoms with E-state index in [2.05, 4.69) is 0 Å². The first-order valence-electron chi connectivity index (χ1n) is 6.26. The quantitative estimate of drug-likeness (QED) is 0.767. The average Bonchev–Trinajstić information content (AvgIpc) is 2.59. The molecule has 1 aromatic rings. The van der Waals surface area contributed by atoms with Crippen LogP contribution in [0, 0.1) is 5.41 Å². The molecule has 0 atom stereocenters. The van der Waals surface area contributed by atoms with Gasteiger partial charge in [0.05, 0.1) is 5.69 Å². The molecule has 2 rings (SSSR count). The van der Waals surface area contributed by atoms with Crippen molar-refractivity contribution in [3.63, 3.8) is 0 Å². The highest BCUT2D eigenvalue weighted by Crippen LogP contribution is 2.39. The van der Waals surface area contributed by atoms with Gasteiger partial charge >= 0.3 is 0 Å². The molecule has 0 unspecified atom stereocenters. The van der Waals surface area contributed by atoms with Gasteiger partial charge in [0.15, 0.2) is 0 Å². The summed E-state index contributed by atoms with van der Waals surface area (Å²) in [6, 6.07) is 9.28. The van der Waals surface area contributed by atoms with E-state index in [4.69, 9.17) is 0 Å². The van der Waals surface area contributed by atoms with Crippen LogP contribution in [0.25, 0.3) is 0 Å². The molecule has 0 bridgehead atoms. The fraction of sp³-hybridized carbons (Fsp3) is 0.429. The van der Waals surface area contributed by atoms with Crippen LogP contribution in [0.4, 0.5) is 5.69 Å². The number of hydrogen-bond acceptors (Lipinski definition) is 2. The number of hydrazine groups is 1.